The van der Waals surface area contributed by atoms with Crippen LogP contribution in [-0.4, -0.2) is 36.1 Å². The Kier molecular flexibility index (Phi) is 4.91. The summed E-state index contributed by atoms with van der Waals surface area (Å²) in [4.78, 5) is 18.0. The van der Waals surface area contributed by atoms with Crippen LogP contribution in [0.4, 0.5) is 0 Å². The first-order valence-electron chi connectivity index (χ1n) is 6.87. The van der Waals surface area contributed by atoms with Crippen LogP contribution in [0.5, 0.6) is 0 Å². The number of carbonyl (C=O) groups excluding carboxylic acids is 1. The Balaban J connectivity index is 1.82. The number of nitrogens with zero attached hydrogens (tertiary/aromatic N) is 2. The second-order valence-corrected chi connectivity index (χ2v) is 5.30. The lowest BCUT2D eigenvalue weighted by atomic mass is 9.85. The highest BCUT2D eigenvalue weighted by molar-refractivity contribution is 5.72. The van der Waals surface area contributed by atoms with E-state index in [-0.39, 0.29) is 11.9 Å². The molecular weight excluding hydrogens is 240 g/mol. The van der Waals surface area contributed by atoms with Crippen LogP contribution in [0, 0.1) is 5.92 Å². The Hall–Kier alpha value is -1.42. The number of pyridine rings is 1. The van der Waals surface area contributed by atoms with Gasteiger partial charge in [0.15, 0.2) is 0 Å². The zero-order valence-corrected chi connectivity index (χ0v) is 11.7. The van der Waals surface area contributed by atoms with Crippen molar-refractivity contribution in [3.8, 4) is 0 Å². The molecule has 1 aromatic heterocycles. The molecule has 2 rings (SSSR count). The lowest BCUT2D eigenvalue weighted by Crippen LogP contribution is -2.36. The molecule has 1 aliphatic rings. The molecule has 0 bridgehead atoms. The van der Waals surface area contributed by atoms with E-state index < -0.39 is 0 Å². The van der Waals surface area contributed by atoms with Crippen molar-refractivity contribution in [2.75, 3.05) is 14.2 Å². The molecule has 1 heterocycles. The standard InChI is InChI=1S/C15H22N2O2/c1-17(11-12-4-3-9-16-10-12)14-7-5-13(6-8-14)15(18)19-2/h3-4,9-10,13-14H,5-8,11H2,1-2H3. The van der Waals surface area contributed by atoms with Crippen molar-refractivity contribution in [1.82, 2.24) is 9.88 Å². The smallest absolute Gasteiger partial charge is 0.308 e. The van der Waals surface area contributed by atoms with Crippen LogP contribution >= 0.6 is 0 Å². The molecule has 0 atom stereocenters. The fourth-order valence-corrected chi connectivity index (χ4v) is 2.83. The molecule has 1 aliphatic carbocycles. The maximum absolute atomic E-state index is 11.5. The summed E-state index contributed by atoms with van der Waals surface area (Å²) in [5, 5.41) is 0. The van der Waals surface area contributed by atoms with Gasteiger partial charge in [0.05, 0.1) is 13.0 Å². The van der Waals surface area contributed by atoms with Gasteiger partial charge in [0.25, 0.3) is 0 Å². The highest BCUT2D eigenvalue weighted by Gasteiger charge is 2.28. The van der Waals surface area contributed by atoms with Crippen LogP contribution in [0.25, 0.3) is 0 Å². The number of hydrogen-bond donors (Lipinski definition) is 0. The Bertz CT molecular complexity index is 400. The summed E-state index contributed by atoms with van der Waals surface area (Å²) in [5.74, 6) is 0.0569. The molecule has 0 spiro atoms. The Morgan fingerprint density at radius 2 is 2.16 bits per heavy atom. The van der Waals surface area contributed by atoms with Crippen molar-refractivity contribution in [2.24, 2.45) is 5.92 Å². The van der Waals surface area contributed by atoms with E-state index in [2.05, 4.69) is 23.0 Å². The summed E-state index contributed by atoms with van der Waals surface area (Å²) in [6, 6.07) is 4.63. The molecule has 4 nitrogen and oxygen atoms in total. The molecular formula is C15H22N2O2. The Labute approximate surface area is 114 Å². The predicted molar refractivity (Wildman–Crippen MR) is 73.5 cm³/mol. The highest BCUT2D eigenvalue weighted by atomic mass is 16.5. The van der Waals surface area contributed by atoms with E-state index in [0.717, 1.165) is 32.2 Å². The molecule has 0 aromatic carbocycles. The molecule has 0 saturated heterocycles. The summed E-state index contributed by atoms with van der Waals surface area (Å²) in [7, 11) is 3.62. The van der Waals surface area contributed by atoms with E-state index in [1.54, 1.807) is 6.20 Å². The summed E-state index contributed by atoms with van der Waals surface area (Å²) >= 11 is 0. The minimum Gasteiger partial charge on any atom is -0.469 e. The molecule has 0 amide bonds. The van der Waals surface area contributed by atoms with Crippen molar-refractivity contribution in [3.63, 3.8) is 0 Å². The average molecular weight is 262 g/mol. The summed E-state index contributed by atoms with van der Waals surface area (Å²) < 4.78 is 4.82. The first kappa shape index (κ1) is 14.0. The van der Waals surface area contributed by atoms with Gasteiger partial charge in [0.2, 0.25) is 0 Å². The second-order valence-electron chi connectivity index (χ2n) is 5.30. The van der Waals surface area contributed by atoms with Gasteiger partial charge in [-0.1, -0.05) is 6.07 Å². The summed E-state index contributed by atoms with van der Waals surface area (Å²) in [6.07, 6.45) is 7.72. The van der Waals surface area contributed by atoms with Gasteiger partial charge < -0.3 is 4.74 Å². The van der Waals surface area contributed by atoms with Gasteiger partial charge in [0.1, 0.15) is 0 Å². The summed E-state index contributed by atoms with van der Waals surface area (Å²) in [6.45, 7) is 0.918. The van der Waals surface area contributed by atoms with Gasteiger partial charge in [-0.2, -0.15) is 0 Å². The van der Waals surface area contributed by atoms with Crippen molar-refractivity contribution < 1.29 is 9.53 Å². The molecule has 19 heavy (non-hydrogen) atoms. The Morgan fingerprint density at radius 1 is 1.42 bits per heavy atom. The van der Waals surface area contributed by atoms with Gasteiger partial charge in [-0.3, -0.25) is 14.7 Å². The third-order valence-electron chi connectivity index (χ3n) is 4.01. The zero-order chi connectivity index (χ0) is 13.7. The SMILES string of the molecule is COC(=O)C1CCC(N(C)Cc2cccnc2)CC1. The molecule has 0 N–H and O–H groups in total. The Morgan fingerprint density at radius 3 is 2.74 bits per heavy atom. The third kappa shape index (κ3) is 3.77. The quantitative estimate of drug-likeness (QED) is 0.780. The summed E-state index contributed by atoms with van der Waals surface area (Å²) in [5.41, 5.74) is 1.24. The fraction of sp³-hybridized carbons (Fsp3) is 0.600. The van der Waals surface area contributed by atoms with Crippen molar-refractivity contribution in [2.45, 2.75) is 38.3 Å². The van der Waals surface area contributed by atoms with E-state index in [9.17, 15) is 4.79 Å². The maximum Gasteiger partial charge on any atom is 0.308 e. The van der Waals surface area contributed by atoms with Crippen molar-refractivity contribution >= 4 is 5.97 Å². The average Bonchev–Trinajstić information content (AvgIpc) is 2.47. The second kappa shape index (κ2) is 6.66. The van der Waals surface area contributed by atoms with Crippen LogP contribution in [0.3, 0.4) is 0 Å². The number of ether oxygens (including phenoxy) is 1. The maximum atomic E-state index is 11.5. The van der Waals surface area contributed by atoms with Crippen LogP contribution in [0.2, 0.25) is 0 Å². The number of methoxy groups -OCH3 is 1. The van der Waals surface area contributed by atoms with E-state index in [0.29, 0.717) is 6.04 Å². The number of rotatable bonds is 4. The normalized spacial score (nSPS) is 23.3. The molecule has 0 aliphatic heterocycles. The highest BCUT2D eigenvalue weighted by Crippen LogP contribution is 2.28. The number of hydrogen-bond acceptors (Lipinski definition) is 4. The van der Waals surface area contributed by atoms with Gasteiger partial charge in [-0.25, -0.2) is 0 Å². The molecule has 4 heteroatoms. The number of esters is 1. The molecule has 0 radical (unpaired) electrons. The first-order chi connectivity index (χ1) is 9.20. The van der Waals surface area contributed by atoms with Gasteiger partial charge >= 0.3 is 5.97 Å². The van der Waals surface area contributed by atoms with Gasteiger partial charge in [0, 0.05) is 25.0 Å². The van der Waals surface area contributed by atoms with Gasteiger partial charge in [-0.05, 0) is 44.4 Å². The van der Waals surface area contributed by atoms with Crippen LogP contribution in [-0.2, 0) is 16.1 Å². The zero-order valence-electron chi connectivity index (χ0n) is 11.7. The first-order valence-corrected chi connectivity index (χ1v) is 6.87. The lowest BCUT2D eigenvalue weighted by molar-refractivity contribution is -0.146. The topological polar surface area (TPSA) is 42.4 Å². The van der Waals surface area contributed by atoms with Crippen molar-refractivity contribution in [3.05, 3.63) is 30.1 Å². The lowest BCUT2D eigenvalue weighted by Gasteiger charge is -2.33. The number of carbonyl (C=O) groups is 1. The minimum absolute atomic E-state index is 0.0478. The molecule has 1 fully saturated rings. The predicted octanol–water partition coefficient (Wildman–Crippen LogP) is 2.25. The monoisotopic (exact) mass is 262 g/mol. The van der Waals surface area contributed by atoms with E-state index >= 15 is 0 Å². The number of aromatic nitrogens is 1. The molecule has 1 aromatic rings. The van der Waals surface area contributed by atoms with E-state index in [1.165, 1.54) is 12.7 Å². The minimum atomic E-state index is -0.0478. The van der Waals surface area contributed by atoms with Gasteiger partial charge in [-0.15, -0.1) is 0 Å². The van der Waals surface area contributed by atoms with E-state index in [1.807, 2.05) is 12.3 Å². The van der Waals surface area contributed by atoms with Crippen LogP contribution < -0.4 is 0 Å². The van der Waals surface area contributed by atoms with Crippen LogP contribution in [0.1, 0.15) is 31.2 Å². The largest absolute Gasteiger partial charge is 0.469 e. The van der Waals surface area contributed by atoms with Crippen molar-refractivity contribution in [1.29, 1.82) is 0 Å². The molecule has 104 valence electrons. The molecule has 1 saturated carbocycles. The van der Waals surface area contributed by atoms with E-state index in [4.69, 9.17) is 4.74 Å². The fourth-order valence-electron chi connectivity index (χ4n) is 2.83. The molecule has 0 unspecified atom stereocenters. The van der Waals surface area contributed by atoms with Crippen LogP contribution in [0.15, 0.2) is 24.5 Å². The third-order valence-corrected chi connectivity index (χ3v) is 4.01.